The van der Waals surface area contributed by atoms with Gasteiger partial charge in [0.1, 0.15) is 11.9 Å². The van der Waals surface area contributed by atoms with Gasteiger partial charge in [0.2, 0.25) is 5.91 Å². The third kappa shape index (κ3) is 4.95. The van der Waals surface area contributed by atoms with Gasteiger partial charge in [0.25, 0.3) is 11.8 Å². The van der Waals surface area contributed by atoms with Crippen LogP contribution in [0, 0.1) is 11.7 Å². The molecule has 3 heterocycles. The van der Waals surface area contributed by atoms with Crippen LogP contribution in [0.25, 0.3) is 0 Å². The summed E-state index contributed by atoms with van der Waals surface area (Å²) in [7, 11) is 0. The molecule has 6 nitrogen and oxygen atoms in total. The number of hydrogen-bond acceptors (Lipinski definition) is 4. The molecule has 8 heteroatoms. The Morgan fingerprint density at radius 2 is 1.65 bits per heavy atom. The number of carbonyl (C=O) groups is 3. The highest BCUT2D eigenvalue weighted by atomic mass is 32.1. The molecule has 0 radical (unpaired) electrons. The van der Waals surface area contributed by atoms with Crippen LogP contribution in [-0.2, 0) is 4.79 Å². The van der Waals surface area contributed by atoms with Gasteiger partial charge in [-0.2, -0.15) is 0 Å². The molecule has 2 aromatic rings. The summed E-state index contributed by atoms with van der Waals surface area (Å²) in [4.78, 5) is 43.0. The summed E-state index contributed by atoms with van der Waals surface area (Å²) in [6, 6.07) is 8.35. The van der Waals surface area contributed by atoms with Gasteiger partial charge in [-0.05, 0) is 67.3 Å². The molecule has 3 amide bonds. The number of nitrogens with one attached hydrogen (secondary N) is 1. The number of thiophene rings is 1. The van der Waals surface area contributed by atoms with E-state index in [-0.39, 0.29) is 23.6 Å². The minimum Gasteiger partial charge on any atom is -0.341 e. The molecule has 0 spiro atoms. The van der Waals surface area contributed by atoms with Crippen LogP contribution in [0.3, 0.4) is 0 Å². The molecule has 2 fully saturated rings. The predicted molar refractivity (Wildman–Crippen MR) is 116 cm³/mol. The molecule has 164 valence electrons. The van der Waals surface area contributed by atoms with E-state index in [2.05, 4.69) is 5.32 Å². The van der Waals surface area contributed by atoms with E-state index in [1.807, 2.05) is 27.3 Å². The molecule has 0 unspecified atom stereocenters. The Morgan fingerprint density at radius 3 is 2.26 bits per heavy atom. The number of piperidine rings is 1. The van der Waals surface area contributed by atoms with Crippen molar-refractivity contribution in [1.29, 1.82) is 0 Å². The minimum atomic E-state index is -0.644. The van der Waals surface area contributed by atoms with Gasteiger partial charge in [0.05, 0.1) is 4.88 Å². The van der Waals surface area contributed by atoms with Crippen LogP contribution in [0.4, 0.5) is 4.39 Å². The Balaban J connectivity index is 1.45. The quantitative estimate of drug-likeness (QED) is 0.772. The zero-order valence-corrected chi connectivity index (χ0v) is 18.1. The van der Waals surface area contributed by atoms with E-state index in [9.17, 15) is 18.8 Å². The predicted octanol–water partition coefficient (Wildman–Crippen LogP) is 3.16. The molecule has 1 aromatic heterocycles. The molecule has 31 heavy (non-hydrogen) atoms. The SMILES string of the molecule is O=C(N[C@H](C(=O)N1CCCC1)C1CCN(C(=O)c2cccs2)CC1)c1ccc(F)cc1. The molecule has 2 aliphatic heterocycles. The molecule has 0 bridgehead atoms. The highest BCUT2D eigenvalue weighted by Crippen LogP contribution is 2.25. The molecule has 2 saturated heterocycles. The molecule has 1 atom stereocenters. The van der Waals surface area contributed by atoms with Crippen molar-refractivity contribution in [3.63, 3.8) is 0 Å². The first-order valence-electron chi connectivity index (χ1n) is 10.7. The highest BCUT2D eigenvalue weighted by Gasteiger charge is 2.37. The number of likely N-dealkylation sites (tertiary alicyclic amines) is 2. The Hall–Kier alpha value is -2.74. The summed E-state index contributed by atoms with van der Waals surface area (Å²) in [5.41, 5.74) is 0.325. The number of nitrogens with zero attached hydrogens (tertiary/aromatic N) is 2. The summed E-state index contributed by atoms with van der Waals surface area (Å²) < 4.78 is 13.2. The Labute approximate surface area is 185 Å². The topological polar surface area (TPSA) is 69.7 Å². The van der Waals surface area contributed by atoms with Crippen LogP contribution >= 0.6 is 11.3 Å². The van der Waals surface area contributed by atoms with Gasteiger partial charge in [-0.3, -0.25) is 14.4 Å². The van der Waals surface area contributed by atoms with Crippen LogP contribution in [0.15, 0.2) is 41.8 Å². The number of rotatable bonds is 5. The number of hydrogen-bond donors (Lipinski definition) is 1. The molecule has 1 N–H and O–H groups in total. The Kier molecular flexibility index (Phi) is 6.65. The van der Waals surface area contributed by atoms with E-state index in [4.69, 9.17) is 0 Å². The average molecular weight is 444 g/mol. The second-order valence-electron chi connectivity index (χ2n) is 8.10. The van der Waals surface area contributed by atoms with Gasteiger partial charge >= 0.3 is 0 Å². The number of carbonyl (C=O) groups excluding carboxylic acids is 3. The van der Waals surface area contributed by atoms with Gasteiger partial charge in [-0.15, -0.1) is 11.3 Å². The molecule has 0 saturated carbocycles. The summed E-state index contributed by atoms with van der Waals surface area (Å²) >= 11 is 1.42. The van der Waals surface area contributed by atoms with Crippen molar-refractivity contribution >= 4 is 29.1 Å². The summed E-state index contributed by atoms with van der Waals surface area (Å²) in [5, 5.41) is 4.80. The van der Waals surface area contributed by atoms with Crippen LogP contribution in [0.1, 0.15) is 45.7 Å². The second-order valence-corrected chi connectivity index (χ2v) is 9.05. The molecule has 2 aliphatic rings. The molecular weight excluding hydrogens is 417 g/mol. The Bertz CT molecular complexity index is 918. The summed E-state index contributed by atoms with van der Waals surface area (Å²) in [6.45, 7) is 2.52. The normalized spacial score (nSPS) is 18.1. The van der Waals surface area contributed by atoms with Gasteiger partial charge in [-0.25, -0.2) is 4.39 Å². The van der Waals surface area contributed by atoms with Crippen molar-refractivity contribution < 1.29 is 18.8 Å². The lowest BCUT2D eigenvalue weighted by molar-refractivity contribution is -0.134. The van der Waals surface area contributed by atoms with Crippen molar-refractivity contribution in [2.75, 3.05) is 26.2 Å². The van der Waals surface area contributed by atoms with E-state index in [1.165, 1.54) is 35.6 Å². The molecule has 0 aliphatic carbocycles. The maximum atomic E-state index is 13.2. The summed E-state index contributed by atoms with van der Waals surface area (Å²) in [6.07, 6.45) is 3.23. The van der Waals surface area contributed by atoms with E-state index in [1.54, 1.807) is 0 Å². The monoisotopic (exact) mass is 443 g/mol. The largest absolute Gasteiger partial charge is 0.341 e. The second kappa shape index (κ2) is 9.60. The lowest BCUT2D eigenvalue weighted by Crippen LogP contribution is -2.54. The number of halogens is 1. The van der Waals surface area contributed by atoms with Gasteiger partial charge < -0.3 is 15.1 Å². The average Bonchev–Trinajstić information content (AvgIpc) is 3.52. The first-order chi connectivity index (χ1) is 15.0. The highest BCUT2D eigenvalue weighted by molar-refractivity contribution is 7.12. The lowest BCUT2D eigenvalue weighted by atomic mass is 9.88. The van der Waals surface area contributed by atoms with E-state index < -0.39 is 11.9 Å². The third-order valence-electron chi connectivity index (χ3n) is 6.11. The molecular formula is C23H26FN3O3S. The van der Waals surface area contributed by atoms with Crippen molar-refractivity contribution in [1.82, 2.24) is 15.1 Å². The maximum Gasteiger partial charge on any atom is 0.263 e. The first kappa shape index (κ1) is 21.5. The molecule has 4 rings (SSSR count). The fraction of sp³-hybridized carbons (Fsp3) is 0.435. The van der Waals surface area contributed by atoms with E-state index in [0.717, 1.165) is 12.8 Å². The zero-order valence-electron chi connectivity index (χ0n) is 17.3. The van der Waals surface area contributed by atoms with E-state index in [0.29, 0.717) is 49.5 Å². The smallest absolute Gasteiger partial charge is 0.263 e. The zero-order chi connectivity index (χ0) is 21.8. The van der Waals surface area contributed by atoms with Crippen LogP contribution < -0.4 is 5.32 Å². The van der Waals surface area contributed by atoms with E-state index >= 15 is 0 Å². The first-order valence-corrected chi connectivity index (χ1v) is 11.6. The fourth-order valence-corrected chi connectivity index (χ4v) is 5.02. The van der Waals surface area contributed by atoms with Crippen molar-refractivity contribution in [3.05, 3.63) is 58.0 Å². The fourth-order valence-electron chi connectivity index (χ4n) is 4.33. The standard InChI is InChI=1S/C23H26FN3O3S/c24-18-7-5-17(6-8-18)21(28)25-20(23(30)26-11-1-2-12-26)16-9-13-27(14-10-16)22(29)19-4-3-15-31-19/h3-8,15-16,20H,1-2,9-14H2,(H,25,28)/t20-/m0/s1. The summed E-state index contributed by atoms with van der Waals surface area (Å²) in [5.74, 6) is -0.884. The van der Waals surface area contributed by atoms with Crippen LogP contribution in [-0.4, -0.2) is 59.7 Å². The molecule has 1 aromatic carbocycles. The van der Waals surface area contributed by atoms with Crippen LogP contribution in [0.2, 0.25) is 0 Å². The third-order valence-corrected chi connectivity index (χ3v) is 6.96. The van der Waals surface area contributed by atoms with Crippen molar-refractivity contribution in [2.45, 2.75) is 31.7 Å². The Morgan fingerprint density at radius 1 is 0.968 bits per heavy atom. The van der Waals surface area contributed by atoms with Gasteiger partial charge in [-0.1, -0.05) is 6.07 Å². The van der Waals surface area contributed by atoms with Gasteiger partial charge in [0, 0.05) is 31.7 Å². The van der Waals surface area contributed by atoms with Crippen molar-refractivity contribution in [2.24, 2.45) is 5.92 Å². The van der Waals surface area contributed by atoms with Gasteiger partial charge in [0.15, 0.2) is 0 Å². The van der Waals surface area contributed by atoms with Crippen molar-refractivity contribution in [3.8, 4) is 0 Å². The maximum absolute atomic E-state index is 13.2. The minimum absolute atomic E-state index is 0.0196. The number of benzene rings is 1. The van der Waals surface area contributed by atoms with Crippen LogP contribution in [0.5, 0.6) is 0 Å². The number of amides is 3. The lowest BCUT2D eigenvalue weighted by Gasteiger charge is -2.37.